The molecule has 0 fully saturated rings. The Morgan fingerprint density at radius 2 is 1.89 bits per heavy atom. The molecule has 0 aliphatic carbocycles. The number of hydrogen-bond donors (Lipinski definition) is 1. The first-order chi connectivity index (χ1) is 9.26. The van der Waals surface area contributed by atoms with Crippen LogP contribution in [0.5, 0.6) is 0 Å². The molecule has 1 unspecified atom stereocenters. The summed E-state index contributed by atoms with van der Waals surface area (Å²) in [6, 6.07) is 9.24. The van der Waals surface area contributed by atoms with Crippen molar-refractivity contribution in [1.29, 1.82) is 0 Å². The monoisotopic (exact) mass is 258 g/mol. The number of benzene rings is 1. The van der Waals surface area contributed by atoms with Crippen molar-refractivity contribution in [2.45, 2.75) is 39.7 Å². The average Bonchev–Trinajstić information content (AvgIpc) is 2.45. The zero-order chi connectivity index (χ0) is 14.1. The standard InChI is InChI=1S/C17H26N2/c1-5-13-19(14-6-2)16-11-9-15(10-12-16)17(7-3)18-8-4/h1,9-12,17-18H,6-8,13-14H2,2-4H3. The fourth-order valence-electron chi connectivity index (χ4n) is 2.34. The quantitative estimate of drug-likeness (QED) is 0.717. The Morgan fingerprint density at radius 3 is 2.37 bits per heavy atom. The van der Waals surface area contributed by atoms with Gasteiger partial charge in [-0.2, -0.15) is 0 Å². The van der Waals surface area contributed by atoms with Gasteiger partial charge in [0.05, 0.1) is 6.54 Å². The van der Waals surface area contributed by atoms with Crippen LogP contribution in [0.4, 0.5) is 5.69 Å². The van der Waals surface area contributed by atoms with Crippen molar-refractivity contribution in [2.24, 2.45) is 0 Å². The van der Waals surface area contributed by atoms with Gasteiger partial charge in [0.2, 0.25) is 0 Å². The number of rotatable bonds is 8. The van der Waals surface area contributed by atoms with Crippen LogP contribution in [0.15, 0.2) is 24.3 Å². The maximum Gasteiger partial charge on any atom is 0.0791 e. The van der Waals surface area contributed by atoms with Crippen LogP contribution < -0.4 is 10.2 Å². The summed E-state index contributed by atoms with van der Waals surface area (Å²) >= 11 is 0. The average molecular weight is 258 g/mol. The SMILES string of the molecule is C#CCN(CCC)c1ccc(C(CC)NCC)cc1. The van der Waals surface area contributed by atoms with E-state index in [9.17, 15) is 0 Å². The maximum atomic E-state index is 5.43. The third-order valence-electron chi connectivity index (χ3n) is 3.30. The molecular weight excluding hydrogens is 232 g/mol. The summed E-state index contributed by atoms with van der Waals surface area (Å²) in [7, 11) is 0. The molecule has 0 aliphatic heterocycles. The van der Waals surface area contributed by atoms with E-state index in [4.69, 9.17) is 6.42 Å². The molecule has 1 aromatic carbocycles. The Morgan fingerprint density at radius 1 is 1.21 bits per heavy atom. The van der Waals surface area contributed by atoms with Crippen LogP contribution in [0.2, 0.25) is 0 Å². The Bertz CT molecular complexity index is 389. The predicted octanol–water partition coefficient (Wildman–Crippen LogP) is 3.60. The van der Waals surface area contributed by atoms with Crippen LogP contribution in [-0.4, -0.2) is 19.6 Å². The molecule has 1 aromatic rings. The molecule has 1 rings (SSSR count). The van der Waals surface area contributed by atoms with Gasteiger partial charge >= 0.3 is 0 Å². The molecule has 0 aromatic heterocycles. The molecule has 0 saturated heterocycles. The first kappa shape index (κ1) is 15.6. The zero-order valence-corrected chi connectivity index (χ0v) is 12.4. The van der Waals surface area contributed by atoms with E-state index in [-0.39, 0.29) is 0 Å². The number of nitrogens with zero attached hydrogens (tertiary/aromatic N) is 1. The molecule has 0 bridgehead atoms. The first-order valence-electron chi connectivity index (χ1n) is 7.28. The molecule has 0 heterocycles. The number of anilines is 1. The van der Waals surface area contributed by atoms with Gasteiger partial charge in [-0.05, 0) is 37.1 Å². The topological polar surface area (TPSA) is 15.3 Å². The summed E-state index contributed by atoms with van der Waals surface area (Å²) in [6.45, 7) is 9.22. The highest BCUT2D eigenvalue weighted by Gasteiger charge is 2.09. The lowest BCUT2D eigenvalue weighted by atomic mass is 10.0. The predicted molar refractivity (Wildman–Crippen MR) is 84.5 cm³/mol. The molecular formula is C17H26N2. The van der Waals surface area contributed by atoms with Gasteiger partial charge in [-0.25, -0.2) is 0 Å². The maximum absolute atomic E-state index is 5.43. The normalized spacial score (nSPS) is 11.9. The second-order valence-corrected chi connectivity index (χ2v) is 4.74. The minimum Gasteiger partial charge on any atom is -0.360 e. The van der Waals surface area contributed by atoms with Crippen molar-refractivity contribution in [1.82, 2.24) is 5.32 Å². The summed E-state index contributed by atoms with van der Waals surface area (Å²) in [4.78, 5) is 2.25. The summed E-state index contributed by atoms with van der Waals surface area (Å²) in [5.74, 6) is 2.73. The van der Waals surface area contributed by atoms with Gasteiger partial charge in [-0.3, -0.25) is 0 Å². The first-order valence-corrected chi connectivity index (χ1v) is 7.28. The van der Waals surface area contributed by atoms with Gasteiger partial charge in [-0.15, -0.1) is 6.42 Å². The number of terminal acetylenes is 1. The molecule has 0 saturated carbocycles. The Balaban J connectivity index is 2.81. The van der Waals surface area contributed by atoms with Crippen LogP contribution >= 0.6 is 0 Å². The summed E-state index contributed by atoms with van der Waals surface area (Å²) in [6.07, 6.45) is 7.65. The van der Waals surface area contributed by atoms with E-state index in [1.54, 1.807) is 0 Å². The molecule has 1 N–H and O–H groups in total. The van der Waals surface area contributed by atoms with Crippen molar-refractivity contribution < 1.29 is 0 Å². The summed E-state index contributed by atoms with van der Waals surface area (Å²) in [5, 5.41) is 3.50. The summed E-state index contributed by atoms with van der Waals surface area (Å²) in [5.41, 5.74) is 2.57. The molecule has 0 amide bonds. The number of hydrogen-bond acceptors (Lipinski definition) is 2. The minimum atomic E-state index is 0.450. The molecule has 104 valence electrons. The fraction of sp³-hybridized carbons (Fsp3) is 0.529. The van der Waals surface area contributed by atoms with Crippen molar-refractivity contribution >= 4 is 5.69 Å². The molecule has 0 radical (unpaired) electrons. The highest BCUT2D eigenvalue weighted by molar-refractivity contribution is 5.49. The zero-order valence-electron chi connectivity index (χ0n) is 12.4. The van der Waals surface area contributed by atoms with Crippen molar-refractivity contribution in [2.75, 3.05) is 24.5 Å². The smallest absolute Gasteiger partial charge is 0.0791 e. The largest absolute Gasteiger partial charge is 0.360 e. The molecule has 0 spiro atoms. The Labute approximate surface area is 118 Å². The molecule has 2 heteroatoms. The molecule has 1 atom stereocenters. The van der Waals surface area contributed by atoms with Crippen molar-refractivity contribution in [3.8, 4) is 12.3 Å². The van der Waals surface area contributed by atoms with Gasteiger partial charge in [0.15, 0.2) is 0 Å². The van der Waals surface area contributed by atoms with Crippen LogP contribution in [-0.2, 0) is 0 Å². The van der Waals surface area contributed by atoms with Crippen molar-refractivity contribution in [3.63, 3.8) is 0 Å². The van der Waals surface area contributed by atoms with Gasteiger partial charge < -0.3 is 10.2 Å². The lowest BCUT2D eigenvalue weighted by molar-refractivity contribution is 0.537. The van der Waals surface area contributed by atoms with E-state index in [2.05, 4.69) is 61.2 Å². The van der Waals surface area contributed by atoms with Crippen LogP contribution in [0.3, 0.4) is 0 Å². The summed E-state index contributed by atoms with van der Waals surface area (Å²) < 4.78 is 0. The fourth-order valence-corrected chi connectivity index (χ4v) is 2.34. The second-order valence-electron chi connectivity index (χ2n) is 4.74. The van der Waals surface area contributed by atoms with E-state index in [0.717, 1.165) is 25.9 Å². The lowest BCUT2D eigenvalue weighted by Gasteiger charge is -2.23. The van der Waals surface area contributed by atoms with Gasteiger partial charge in [0.1, 0.15) is 0 Å². The van der Waals surface area contributed by atoms with Crippen LogP contribution in [0.1, 0.15) is 45.2 Å². The van der Waals surface area contributed by atoms with E-state index < -0.39 is 0 Å². The van der Waals surface area contributed by atoms with E-state index in [1.807, 2.05) is 0 Å². The van der Waals surface area contributed by atoms with Crippen LogP contribution in [0.25, 0.3) is 0 Å². The lowest BCUT2D eigenvalue weighted by Crippen LogP contribution is -2.24. The van der Waals surface area contributed by atoms with E-state index in [0.29, 0.717) is 12.6 Å². The van der Waals surface area contributed by atoms with Gasteiger partial charge in [0.25, 0.3) is 0 Å². The van der Waals surface area contributed by atoms with Crippen molar-refractivity contribution in [3.05, 3.63) is 29.8 Å². The second kappa shape index (κ2) is 8.61. The van der Waals surface area contributed by atoms with Gasteiger partial charge in [-0.1, -0.05) is 38.8 Å². The third kappa shape index (κ3) is 4.61. The molecule has 2 nitrogen and oxygen atoms in total. The van der Waals surface area contributed by atoms with E-state index >= 15 is 0 Å². The number of nitrogens with one attached hydrogen (secondary N) is 1. The Kier molecular flexibility index (Phi) is 7.07. The third-order valence-corrected chi connectivity index (χ3v) is 3.30. The van der Waals surface area contributed by atoms with Crippen LogP contribution in [0, 0.1) is 12.3 Å². The highest BCUT2D eigenvalue weighted by atomic mass is 15.1. The van der Waals surface area contributed by atoms with E-state index in [1.165, 1.54) is 11.3 Å². The Hall–Kier alpha value is -1.46. The highest BCUT2D eigenvalue weighted by Crippen LogP contribution is 2.21. The molecule has 0 aliphatic rings. The minimum absolute atomic E-state index is 0.450. The molecule has 19 heavy (non-hydrogen) atoms. The van der Waals surface area contributed by atoms with Gasteiger partial charge in [0, 0.05) is 18.3 Å².